The Kier molecular flexibility index (Phi) is 3.77. The van der Waals surface area contributed by atoms with Crippen LogP contribution in [0, 0.1) is 0 Å². The minimum absolute atomic E-state index is 0.261. The van der Waals surface area contributed by atoms with Crippen molar-refractivity contribution >= 4 is 43.4 Å². The molecule has 0 fully saturated rings. The lowest BCUT2D eigenvalue weighted by molar-refractivity contribution is 0.526. The highest BCUT2D eigenvalue weighted by molar-refractivity contribution is 7.26. The molecule has 0 aromatic carbocycles. The molecule has 18 heavy (non-hydrogen) atoms. The minimum atomic E-state index is 0.261. The molecule has 0 saturated heterocycles. The van der Waals surface area contributed by atoms with E-state index >= 15 is 0 Å². The van der Waals surface area contributed by atoms with E-state index in [1.807, 2.05) is 22.7 Å². The maximum atomic E-state index is 5.70. The summed E-state index contributed by atoms with van der Waals surface area (Å²) in [5.74, 6) is 5.70. The van der Waals surface area contributed by atoms with Crippen molar-refractivity contribution in [3.63, 3.8) is 0 Å². The van der Waals surface area contributed by atoms with Gasteiger partial charge >= 0.3 is 0 Å². The summed E-state index contributed by atoms with van der Waals surface area (Å²) < 4.78 is 2.73. The molecule has 3 aromatic heterocycles. The fourth-order valence-corrected chi connectivity index (χ4v) is 4.94. The Balaban J connectivity index is 1.73. The van der Waals surface area contributed by atoms with Crippen molar-refractivity contribution in [1.29, 1.82) is 0 Å². The van der Waals surface area contributed by atoms with Gasteiger partial charge in [-0.15, -0.1) is 34.0 Å². The van der Waals surface area contributed by atoms with Crippen LogP contribution in [0.5, 0.6) is 0 Å². The minimum Gasteiger partial charge on any atom is -0.271 e. The number of fused-ring (bicyclic) bond motifs is 1. The Bertz CT molecular complexity index is 581. The van der Waals surface area contributed by atoms with Crippen molar-refractivity contribution in [2.75, 3.05) is 0 Å². The highest BCUT2D eigenvalue weighted by Crippen LogP contribution is 2.34. The summed E-state index contributed by atoms with van der Waals surface area (Å²) in [5, 5.41) is 4.27. The lowest BCUT2D eigenvalue weighted by atomic mass is 10.1. The van der Waals surface area contributed by atoms with Gasteiger partial charge in [0.05, 0.1) is 6.04 Å². The highest BCUT2D eigenvalue weighted by Gasteiger charge is 2.13. The third kappa shape index (κ3) is 2.50. The predicted molar refractivity (Wildman–Crippen MR) is 82.4 cm³/mol. The van der Waals surface area contributed by atoms with Gasteiger partial charge in [-0.25, -0.2) is 0 Å². The number of hydrogen-bond acceptors (Lipinski definition) is 5. The van der Waals surface area contributed by atoms with Crippen molar-refractivity contribution < 1.29 is 0 Å². The normalized spacial score (nSPS) is 13.2. The van der Waals surface area contributed by atoms with Gasteiger partial charge in [-0.3, -0.25) is 11.3 Å². The van der Waals surface area contributed by atoms with Crippen LogP contribution in [-0.2, 0) is 6.42 Å². The van der Waals surface area contributed by atoms with Crippen molar-refractivity contribution in [2.45, 2.75) is 18.9 Å². The molecule has 1 unspecified atom stereocenters. The van der Waals surface area contributed by atoms with E-state index in [4.69, 9.17) is 5.84 Å². The average Bonchev–Trinajstić information content (AvgIpc) is 3.04. The van der Waals surface area contributed by atoms with Gasteiger partial charge in [0, 0.05) is 19.2 Å². The molecule has 3 N–H and O–H groups in total. The van der Waals surface area contributed by atoms with E-state index in [2.05, 4.69) is 40.5 Å². The van der Waals surface area contributed by atoms with Crippen LogP contribution in [0.2, 0.25) is 0 Å². The molecular weight excluding hydrogens is 280 g/mol. The summed E-state index contributed by atoms with van der Waals surface area (Å²) in [7, 11) is 0. The topological polar surface area (TPSA) is 38.0 Å². The Morgan fingerprint density at radius 1 is 1.17 bits per heavy atom. The van der Waals surface area contributed by atoms with Crippen LogP contribution < -0.4 is 11.3 Å². The standard InChI is InChI=1S/C13H14N2S3/c14-15-10(4-3-9-2-1-6-16-9)12-8-13-11(18-12)5-7-17-13/h1-2,5-8,10,15H,3-4,14H2. The maximum Gasteiger partial charge on any atom is 0.0557 e. The first-order chi connectivity index (χ1) is 8.86. The molecule has 2 nitrogen and oxygen atoms in total. The lowest BCUT2D eigenvalue weighted by Crippen LogP contribution is -2.27. The molecule has 0 bridgehead atoms. The summed E-state index contributed by atoms with van der Waals surface area (Å²) in [5.41, 5.74) is 2.95. The molecule has 0 saturated carbocycles. The molecular formula is C13H14N2S3. The fourth-order valence-electron chi connectivity index (χ4n) is 2.01. The average molecular weight is 294 g/mol. The quantitative estimate of drug-likeness (QED) is 0.548. The monoisotopic (exact) mass is 294 g/mol. The predicted octanol–water partition coefficient (Wildman–Crippen LogP) is 4.16. The number of nitrogens with one attached hydrogen (secondary N) is 1. The largest absolute Gasteiger partial charge is 0.271 e. The van der Waals surface area contributed by atoms with E-state index in [-0.39, 0.29) is 6.04 Å². The van der Waals surface area contributed by atoms with Crippen molar-refractivity contribution in [3.05, 3.63) is 44.8 Å². The van der Waals surface area contributed by atoms with E-state index < -0.39 is 0 Å². The third-order valence-electron chi connectivity index (χ3n) is 2.96. The molecule has 0 aliphatic heterocycles. The molecule has 0 spiro atoms. The number of thiophene rings is 3. The van der Waals surface area contributed by atoms with Crippen LogP contribution in [0.15, 0.2) is 35.0 Å². The van der Waals surface area contributed by atoms with E-state index in [9.17, 15) is 0 Å². The zero-order valence-corrected chi connectivity index (χ0v) is 12.2. The van der Waals surface area contributed by atoms with Crippen molar-refractivity contribution in [1.82, 2.24) is 5.43 Å². The fraction of sp³-hybridized carbons (Fsp3) is 0.231. The molecule has 5 heteroatoms. The Hall–Kier alpha value is -0.720. The van der Waals surface area contributed by atoms with Crippen molar-refractivity contribution in [2.24, 2.45) is 5.84 Å². The summed E-state index contributed by atoms with van der Waals surface area (Å²) in [4.78, 5) is 2.77. The van der Waals surface area contributed by atoms with Gasteiger partial charge in [0.15, 0.2) is 0 Å². The lowest BCUT2D eigenvalue weighted by Gasteiger charge is -2.13. The number of hydrogen-bond donors (Lipinski definition) is 2. The molecule has 0 radical (unpaired) electrons. The second-order valence-corrected chi connectivity index (χ2v) is 7.23. The number of aryl methyl sites for hydroxylation is 1. The van der Waals surface area contributed by atoms with Crippen molar-refractivity contribution in [3.8, 4) is 0 Å². The number of hydrazine groups is 1. The van der Waals surface area contributed by atoms with E-state index in [1.165, 1.54) is 19.2 Å². The second kappa shape index (κ2) is 5.50. The Morgan fingerprint density at radius 3 is 2.83 bits per heavy atom. The molecule has 0 aliphatic rings. The zero-order valence-electron chi connectivity index (χ0n) is 9.76. The maximum absolute atomic E-state index is 5.70. The van der Waals surface area contributed by atoms with Crippen LogP contribution in [0.1, 0.15) is 22.2 Å². The van der Waals surface area contributed by atoms with Gasteiger partial charge in [0.2, 0.25) is 0 Å². The highest BCUT2D eigenvalue weighted by atomic mass is 32.1. The summed E-state index contributed by atoms with van der Waals surface area (Å²) in [6, 6.07) is 9.00. The first kappa shape index (κ1) is 12.3. The van der Waals surface area contributed by atoms with Gasteiger partial charge in [0.1, 0.15) is 0 Å². The Morgan fingerprint density at radius 2 is 2.11 bits per heavy atom. The molecule has 3 heterocycles. The summed E-state index contributed by atoms with van der Waals surface area (Å²) >= 11 is 5.46. The molecule has 3 rings (SSSR count). The number of rotatable bonds is 5. The smallest absolute Gasteiger partial charge is 0.0557 e. The molecule has 0 aliphatic carbocycles. The Labute approximate surface area is 118 Å². The zero-order chi connectivity index (χ0) is 12.4. The third-order valence-corrected chi connectivity index (χ3v) is 6.11. The van der Waals surface area contributed by atoms with Gasteiger partial charge in [-0.05, 0) is 41.8 Å². The molecule has 3 aromatic rings. The van der Waals surface area contributed by atoms with E-state index in [1.54, 1.807) is 11.3 Å². The van der Waals surface area contributed by atoms with Crippen LogP contribution in [-0.4, -0.2) is 0 Å². The summed E-state index contributed by atoms with van der Waals surface area (Å²) in [6.07, 6.45) is 2.13. The second-order valence-electron chi connectivity index (χ2n) is 4.14. The SMILES string of the molecule is NNC(CCc1cccs1)c1cc2sccc2s1. The first-order valence-electron chi connectivity index (χ1n) is 5.82. The van der Waals surface area contributed by atoms with Crippen LogP contribution >= 0.6 is 34.0 Å². The van der Waals surface area contributed by atoms with Gasteiger partial charge in [-0.1, -0.05) is 6.07 Å². The first-order valence-corrected chi connectivity index (χ1v) is 8.40. The van der Waals surface area contributed by atoms with Crippen LogP contribution in [0.25, 0.3) is 9.40 Å². The van der Waals surface area contributed by atoms with Crippen LogP contribution in [0.4, 0.5) is 0 Å². The molecule has 0 amide bonds. The van der Waals surface area contributed by atoms with E-state index in [0.29, 0.717) is 0 Å². The van der Waals surface area contributed by atoms with Crippen LogP contribution in [0.3, 0.4) is 0 Å². The molecule has 94 valence electrons. The number of nitrogens with two attached hydrogens (primary N) is 1. The van der Waals surface area contributed by atoms with Gasteiger partial charge in [-0.2, -0.15) is 0 Å². The van der Waals surface area contributed by atoms with Gasteiger partial charge in [0.25, 0.3) is 0 Å². The van der Waals surface area contributed by atoms with Gasteiger partial charge < -0.3 is 0 Å². The summed E-state index contributed by atoms with van der Waals surface area (Å²) in [6.45, 7) is 0. The van der Waals surface area contributed by atoms with E-state index in [0.717, 1.165) is 12.8 Å². The molecule has 1 atom stereocenters.